The first-order chi connectivity index (χ1) is 8.16. The molecule has 0 aliphatic heterocycles. The summed E-state index contributed by atoms with van der Waals surface area (Å²) >= 11 is 0. The molecule has 0 unspecified atom stereocenters. The summed E-state index contributed by atoms with van der Waals surface area (Å²) in [4.78, 5) is 0. The number of aryl methyl sites for hydroxylation is 1. The van der Waals surface area contributed by atoms with Gasteiger partial charge in [0.2, 0.25) is 0 Å². The summed E-state index contributed by atoms with van der Waals surface area (Å²) in [6, 6.07) is 11.8. The number of hydrogen-bond donors (Lipinski definition) is 2. The Kier molecular flexibility index (Phi) is 3.05. The number of phenols is 2. The molecule has 0 saturated carbocycles. The molecule has 4 heteroatoms. The first-order valence-electron chi connectivity index (χ1n) is 5.16. The third-order valence-corrected chi connectivity index (χ3v) is 2.34. The van der Waals surface area contributed by atoms with Crippen molar-refractivity contribution in [3.8, 4) is 11.5 Å². The summed E-state index contributed by atoms with van der Waals surface area (Å²) in [5, 5.41) is 26.7. The Labute approximate surface area is 98.9 Å². The number of rotatable bonds is 2. The van der Waals surface area contributed by atoms with E-state index in [9.17, 15) is 5.11 Å². The monoisotopic (exact) mass is 228 g/mol. The van der Waals surface area contributed by atoms with Crippen LogP contribution in [0.3, 0.4) is 0 Å². The van der Waals surface area contributed by atoms with Crippen LogP contribution < -0.4 is 0 Å². The van der Waals surface area contributed by atoms with Gasteiger partial charge in [-0.2, -0.15) is 5.11 Å². The van der Waals surface area contributed by atoms with Gasteiger partial charge >= 0.3 is 0 Å². The zero-order chi connectivity index (χ0) is 12.3. The molecule has 86 valence electrons. The zero-order valence-corrected chi connectivity index (χ0v) is 9.33. The summed E-state index contributed by atoms with van der Waals surface area (Å²) in [6.45, 7) is 1.94. The van der Waals surface area contributed by atoms with Gasteiger partial charge in [-0.25, -0.2) is 0 Å². The second kappa shape index (κ2) is 4.65. The lowest BCUT2D eigenvalue weighted by Crippen LogP contribution is -1.72. The summed E-state index contributed by atoms with van der Waals surface area (Å²) in [5.74, 6) is -0.0975. The van der Waals surface area contributed by atoms with E-state index < -0.39 is 0 Å². The van der Waals surface area contributed by atoms with Gasteiger partial charge in [-0.05, 0) is 30.7 Å². The minimum Gasteiger partial charge on any atom is -0.508 e. The summed E-state index contributed by atoms with van der Waals surface area (Å²) in [7, 11) is 0. The quantitative estimate of drug-likeness (QED) is 0.767. The lowest BCUT2D eigenvalue weighted by Gasteiger charge is -1.99. The van der Waals surface area contributed by atoms with Gasteiger partial charge in [0.15, 0.2) is 0 Å². The largest absolute Gasteiger partial charge is 0.508 e. The molecular formula is C13H12N2O2. The van der Waals surface area contributed by atoms with E-state index in [2.05, 4.69) is 10.2 Å². The fourth-order valence-electron chi connectivity index (χ4n) is 1.38. The summed E-state index contributed by atoms with van der Waals surface area (Å²) < 4.78 is 0. The second-order valence-corrected chi connectivity index (χ2v) is 3.66. The molecule has 0 fully saturated rings. The van der Waals surface area contributed by atoms with Crippen molar-refractivity contribution >= 4 is 11.4 Å². The molecule has 4 nitrogen and oxygen atoms in total. The molecular weight excluding hydrogens is 216 g/mol. The molecule has 2 rings (SSSR count). The van der Waals surface area contributed by atoms with Crippen LogP contribution in [0.15, 0.2) is 52.7 Å². The molecule has 0 aromatic heterocycles. The number of phenolic OH excluding ortho intramolecular Hbond substituents is 2. The van der Waals surface area contributed by atoms with Crippen LogP contribution in [0.25, 0.3) is 0 Å². The van der Waals surface area contributed by atoms with Crippen molar-refractivity contribution in [1.29, 1.82) is 0 Å². The van der Waals surface area contributed by atoms with E-state index in [1.165, 1.54) is 18.2 Å². The average molecular weight is 228 g/mol. The number of nitrogens with zero attached hydrogens (tertiary/aromatic N) is 2. The van der Waals surface area contributed by atoms with Crippen molar-refractivity contribution in [1.82, 2.24) is 0 Å². The topological polar surface area (TPSA) is 65.2 Å². The van der Waals surface area contributed by atoms with Crippen LogP contribution in [0.1, 0.15) is 5.56 Å². The highest BCUT2D eigenvalue weighted by molar-refractivity contribution is 5.54. The van der Waals surface area contributed by atoms with Crippen LogP contribution in [0.4, 0.5) is 11.4 Å². The molecule has 2 N–H and O–H groups in total. The number of azo groups is 1. The Balaban J connectivity index is 2.29. The Morgan fingerprint density at radius 3 is 2.29 bits per heavy atom. The first kappa shape index (κ1) is 11.1. The van der Waals surface area contributed by atoms with Gasteiger partial charge in [-0.1, -0.05) is 18.2 Å². The van der Waals surface area contributed by atoms with Gasteiger partial charge < -0.3 is 10.2 Å². The van der Waals surface area contributed by atoms with Crippen LogP contribution in [0.5, 0.6) is 11.5 Å². The van der Waals surface area contributed by atoms with Crippen LogP contribution in [-0.2, 0) is 0 Å². The smallest absolute Gasteiger partial charge is 0.146 e. The molecule has 0 spiro atoms. The molecule has 0 amide bonds. The summed E-state index contributed by atoms with van der Waals surface area (Å²) in [6.07, 6.45) is 0. The normalized spacial score (nSPS) is 10.9. The molecule has 2 aromatic carbocycles. The van der Waals surface area contributed by atoms with Crippen molar-refractivity contribution in [2.45, 2.75) is 6.92 Å². The van der Waals surface area contributed by atoms with Gasteiger partial charge in [-0.15, -0.1) is 5.11 Å². The van der Waals surface area contributed by atoms with Gasteiger partial charge in [0.05, 0.1) is 5.69 Å². The van der Waals surface area contributed by atoms with E-state index in [1.54, 1.807) is 0 Å². The van der Waals surface area contributed by atoms with Crippen molar-refractivity contribution < 1.29 is 10.2 Å². The molecule has 0 heterocycles. The van der Waals surface area contributed by atoms with Crippen LogP contribution in [-0.4, -0.2) is 10.2 Å². The van der Waals surface area contributed by atoms with E-state index >= 15 is 0 Å². The Morgan fingerprint density at radius 2 is 1.59 bits per heavy atom. The van der Waals surface area contributed by atoms with Crippen LogP contribution in [0, 0.1) is 6.92 Å². The van der Waals surface area contributed by atoms with Gasteiger partial charge in [0.1, 0.15) is 17.2 Å². The molecule has 0 aliphatic rings. The molecule has 0 atom stereocenters. The molecule has 0 aliphatic carbocycles. The van der Waals surface area contributed by atoms with Crippen molar-refractivity contribution in [2.75, 3.05) is 0 Å². The van der Waals surface area contributed by atoms with E-state index in [4.69, 9.17) is 5.11 Å². The lowest BCUT2D eigenvalue weighted by molar-refractivity contribution is 0.451. The molecule has 0 saturated heterocycles. The van der Waals surface area contributed by atoms with Gasteiger partial charge in [0.25, 0.3) is 0 Å². The van der Waals surface area contributed by atoms with E-state index in [0.717, 1.165) is 11.3 Å². The molecule has 17 heavy (non-hydrogen) atoms. The van der Waals surface area contributed by atoms with Gasteiger partial charge in [0, 0.05) is 6.07 Å². The third-order valence-electron chi connectivity index (χ3n) is 2.34. The van der Waals surface area contributed by atoms with E-state index in [1.807, 2.05) is 31.2 Å². The maximum atomic E-state index is 9.52. The number of aromatic hydroxyl groups is 2. The van der Waals surface area contributed by atoms with Gasteiger partial charge in [-0.3, -0.25) is 0 Å². The van der Waals surface area contributed by atoms with Crippen molar-refractivity contribution in [3.05, 3.63) is 48.0 Å². The minimum absolute atomic E-state index is 0.00246. The SMILES string of the molecule is Cc1ccccc1N=Nc1ccc(O)cc1O. The van der Waals surface area contributed by atoms with E-state index in [-0.39, 0.29) is 11.5 Å². The Hall–Kier alpha value is -2.36. The highest BCUT2D eigenvalue weighted by atomic mass is 16.3. The third kappa shape index (κ3) is 2.60. The van der Waals surface area contributed by atoms with Crippen LogP contribution >= 0.6 is 0 Å². The minimum atomic E-state index is -0.0951. The molecule has 0 radical (unpaired) electrons. The average Bonchev–Trinajstić information content (AvgIpc) is 2.30. The first-order valence-corrected chi connectivity index (χ1v) is 5.16. The number of hydrogen-bond acceptors (Lipinski definition) is 4. The highest BCUT2D eigenvalue weighted by Gasteiger charge is 2.01. The van der Waals surface area contributed by atoms with Crippen molar-refractivity contribution in [2.24, 2.45) is 10.2 Å². The standard InChI is InChI=1S/C13H12N2O2/c1-9-4-2-3-5-11(9)14-15-12-7-6-10(16)8-13(12)17/h2-8,16-17H,1H3. The molecule has 0 bridgehead atoms. The Morgan fingerprint density at radius 1 is 0.882 bits per heavy atom. The maximum absolute atomic E-state index is 9.52. The predicted molar refractivity (Wildman–Crippen MR) is 65.1 cm³/mol. The maximum Gasteiger partial charge on any atom is 0.146 e. The second-order valence-electron chi connectivity index (χ2n) is 3.66. The highest BCUT2D eigenvalue weighted by Crippen LogP contribution is 2.31. The Bertz CT molecular complexity index is 565. The predicted octanol–water partition coefficient (Wildman–Crippen LogP) is 3.82. The number of benzene rings is 2. The van der Waals surface area contributed by atoms with Crippen molar-refractivity contribution in [3.63, 3.8) is 0 Å². The summed E-state index contributed by atoms with van der Waals surface area (Å²) in [5.41, 5.74) is 2.08. The molecule has 2 aromatic rings. The van der Waals surface area contributed by atoms with Crippen LogP contribution in [0.2, 0.25) is 0 Å². The zero-order valence-electron chi connectivity index (χ0n) is 9.33. The lowest BCUT2D eigenvalue weighted by atomic mass is 10.2. The fourth-order valence-corrected chi connectivity index (χ4v) is 1.38. The van der Waals surface area contributed by atoms with E-state index in [0.29, 0.717) is 5.69 Å². The fraction of sp³-hybridized carbons (Fsp3) is 0.0769.